The molecule has 4 N–H and O–H groups in total. The summed E-state index contributed by atoms with van der Waals surface area (Å²) < 4.78 is 11.0. The number of para-hydroxylation sites is 1. The maximum atomic E-state index is 12.8. The molecule has 2 amide bonds. The van der Waals surface area contributed by atoms with Crippen LogP contribution in [0, 0.1) is 6.92 Å². The monoisotopic (exact) mass is 497 g/mol. The number of rotatable bonds is 10. The normalized spacial score (nSPS) is 10.5. The minimum atomic E-state index is -0.558. The van der Waals surface area contributed by atoms with Gasteiger partial charge in [0.15, 0.2) is 5.11 Å². The van der Waals surface area contributed by atoms with Crippen molar-refractivity contribution < 1.29 is 19.1 Å². The predicted octanol–water partition coefficient (Wildman–Crippen LogP) is 4.29. The lowest BCUT2D eigenvalue weighted by Gasteiger charge is -2.13. The van der Waals surface area contributed by atoms with E-state index in [9.17, 15) is 9.59 Å². The Hall–Kier alpha value is -3.27. The average Bonchev–Trinajstić information content (AvgIpc) is 3.11. The number of hydrogen-bond acceptors (Lipinski definition) is 6. The van der Waals surface area contributed by atoms with Crippen LogP contribution >= 0.6 is 23.6 Å². The standard InChI is InChI=1S/C25H27N3O4S2/c1-3-31-13-14-32-19-12-8-7-11-18(19)23(30)27-25(33)28-24-21(22(26)29)16(2)20(34-24)15-17-9-5-4-6-10-17/h4-12H,3,13-15H2,1-2H3,(H2,26,29)(H2,27,28,30,33). The second kappa shape index (κ2) is 12.3. The number of anilines is 1. The molecule has 0 bridgehead atoms. The minimum absolute atomic E-state index is 0.0594. The molecule has 3 aromatic rings. The number of thiocarbonyl (C=S) groups is 1. The molecular formula is C25H27N3O4S2. The molecule has 34 heavy (non-hydrogen) atoms. The van der Waals surface area contributed by atoms with Crippen LogP contribution in [0.5, 0.6) is 5.75 Å². The first-order valence-electron chi connectivity index (χ1n) is 10.8. The van der Waals surface area contributed by atoms with Gasteiger partial charge in [-0.3, -0.25) is 14.9 Å². The highest BCUT2D eigenvalue weighted by Crippen LogP contribution is 2.34. The molecule has 0 unspecified atom stereocenters. The molecule has 0 saturated carbocycles. The van der Waals surface area contributed by atoms with Crippen LogP contribution in [0.4, 0.5) is 5.00 Å². The second-order valence-corrected chi connectivity index (χ2v) is 8.84. The molecule has 0 atom stereocenters. The Kier molecular flexibility index (Phi) is 9.15. The molecule has 0 spiro atoms. The summed E-state index contributed by atoms with van der Waals surface area (Å²) in [7, 11) is 0. The van der Waals surface area contributed by atoms with Gasteiger partial charge in [-0.25, -0.2) is 0 Å². The molecule has 0 saturated heterocycles. The number of nitrogens with one attached hydrogen (secondary N) is 2. The fraction of sp³-hybridized carbons (Fsp3) is 0.240. The Morgan fingerprint density at radius 3 is 2.47 bits per heavy atom. The van der Waals surface area contributed by atoms with E-state index >= 15 is 0 Å². The van der Waals surface area contributed by atoms with E-state index in [1.165, 1.54) is 11.3 Å². The Bertz CT molecular complexity index is 1160. The van der Waals surface area contributed by atoms with E-state index in [4.69, 9.17) is 27.4 Å². The van der Waals surface area contributed by atoms with Gasteiger partial charge in [0.1, 0.15) is 17.4 Å². The molecule has 0 aliphatic heterocycles. The summed E-state index contributed by atoms with van der Waals surface area (Å²) in [5.41, 5.74) is 8.27. The summed E-state index contributed by atoms with van der Waals surface area (Å²) in [6, 6.07) is 16.8. The van der Waals surface area contributed by atoms with Crippen LogP contribution < -0.4 is 21.1 Å². The molecule has 178 valence electrons. The lowest BCUT2D eigenvalue weighted by molar-refractivity contribution is 0.0957. The summed E-state index contributed by atoms with van der Waals surface area (Å²) >= 11 is 6.75. The maximum Gasteiger partial charge on any atom is 0.261 e. The van der Waals surface area contributed by atoms with Gasteiger partial charge in [0, 0.05) is 17.9 Å². The lowest BCUT2D eigenvalue weighted by atomic mass is 10.1. The second-order valence-electron chi connectivity index (χ2n) is 7.33. The van der Waals surface area contributed by atoms with Crippen molar-refractivity contribution >= 4 is 45.5 Å². The van der Waals surface area contributed by atoms with Crippen LogP contribution in [0.3, 0.4) is 0 Å². The Labute approximate surface area is 208 Å². The van der Waals surface area contributed by atoms with Crippen molar-refractivity contribution in [2.75, 3.05) is 25.1 Å². The molecular weight excluding hydrogens is 470 g/mol. The number of amides is 2. The van der Waals surface area contributed by atoms with Crippen molar-refractivity contribution in [3.8, 4) is 5.75 Å². The highest BCUT2D eigenvalue weighted by Gasteiger charge is 2.21. The van der Waals surface area contributed by atoms with E-state index in [1.807, 2.05) is 44.2 Å². The number of carbonyl (C=O) groups is 2. The first kappa shape index (κ1) is 25.4. The Morgan fingerprint density at radius 1 is 1.06 bits per heavy atom. The first-order valence-corrected chi connectivity index (χ1v) is 12.0. The van der Waals surface area contributed by atoms with Gasteiger partial charge in [-0.1, -0.05) is 42.5 Å². The van der Waals surface area contributed by atoms with Gasteiger partial charge in [0.05, 0.1) is 17.7 Å². The van der Waals surface area contributed by atoms with Crippen LogP contribution in [0.1, 0.15) is 43.6 Å². The third kappa shape index (κ3) is 6.63. The predicted molar refractivity (Wildman–Crippen MR) is 139 cm³/mol. The highest BCUT2D eigenvalue weighted by atomic mass is 32.1. The van der Waals surface area contributed by atoms with Crippen molar-refractivity contribution in [2.24, 2.45) is 5.73 Å². The van der Waals surface area contributed by atoms with Gasteiger partial charge in [0.25, 0.3) is 11.8 Å². The van der Waals surface area contributed by atoms with Gasteiger partial charge in [-0.15, -0.1) is 11.3 Å². The zero-order valence-corrected chi connectivity index (χ0v) is 20.7. The zero-order chi connectivity index (χ0) is 24.5. The van der Waals surface area contributed by atoms with E-state index in [0.717, 1.165) is 16.0 Å². The van der Waals surface area contributed by atoms with Crippen molar-refractivity contribution in [3.63, 3.8) is 0 Å². The molecule has 0 fully saturated rings. The average molecular weight is 498 g/mol. The van der Waals surface area contributed by atoms with E-state index in [2.05, 4.69) is 10.6 Å². The molecule has 2 aromatic carbocycles. The van der Waals surface area contributed by atoms with Crippen LogP contribution in [-0.4, -0.2) is 36.7 Å². The molecule has 1 aromatic heterocycles. The largest absolute Gasteiger partial charge is 0.490 e. The molecule has 9 heteroatoms. The molecule has 3 rings (SSSR count). The van der Waals surface area contributed by atoms with E-state index in [1.54, 1.807) is 24.3 Å². The van der Waals surface area contributed by atoms with Crippen LogP contribution in [-0.2, 0) is 11.2 Å². The summed E-state index contributed by atoms with van der Waals surface area (Å²) in [6.45, 7) is 5.09. The molecule has 0 aliphatic rings. The molecule has 0 aliphatic carbocycles. The summed E-state index contributed by atoms with van der Waals surface area (Å²) in [5, 5.41) is 6.19. The van der Waals surface area contributed by atoms with Crippen molar-refractivity contribution in [2.45, 2.75) is 20.3 Å². The summed E-state index contributed by atoms with van der Waals surface area (Å²) in [5.74, 6) is -0.557. The van der Waals surface area contributed by atoms with E-state index in [-0.39, 0.29) is 5.11 Å². The van der Waals surface area contributed by atoms with E-state index < -0.39 is 11.8 Å². The lowest BCUT2D eigenvalue weighted by Crippen LogP contribution is -2.34. The Morgan fingerprint density at radius 2 is 1.76 bits per heavy atom. The topological polar surface area (TPSA) is 103 Å². The smallest absolute Gasteiger partial charge is 0.261 e. The van der Waals surface area contributed by atoms with E-state index in [0.29, 0.717) is 48.1 Å². The number of primary amides is 1. The number of hydrogen-bond donors (Lipinski definition) is 3. The third-order valence-electron chi connectivity index (χ3n) is 4.97. The molecule has 0 radical (unpaired) electrons. The third-order valence-corrected chi connectivity index (χ3v) is 6.39. The van der Waals surface area contributed by atoms with Crippen molar-refractivity contribution in [1.29, 1.82) is 0 Å². The first-order chi connectivity index (χ1) is 16.4. The zero-order valence-electron chi connectivity index (χ0n) is 19.1. The van der Waals surface area contributed by atoms with Gasteiger partial charge in [-0.05, 0) is 49.3 Å². The number of carbonyl (C=O) groups excluding carboxylic acids is 2. The Balaban J connectivity index is 1.72. The van der Waals surface area contributed by atoms with Gasteiger partial charge < -0.3 is 20.5 Å². The highest BCUT2D eigenvalue weighted by molar-refractivity contribution is 7.80. The van der Waals surface area contributed by atoms with Gasteiger partial charge in [0.2, 0.25) is 0 Å². The fourth-order valence-corrected chi connectivity index (χ4v) is 4.84. The quantitative estimate of drug-likeness (QED) is 0.285. The van der Waals surface area contributed by atoms with Crippen molar-refractivity contribution in [3.05, 3.63) is 81.7 Å². The minimum Gasteiger partial charge on any atom is -0.490 e. The van der Waals surface area contributed by atoms with Crippen LogP contribution in [0.15, 0.2) is 54.6 Å². The van der Waals surface area contributed by atoms with Crippen molar-refractivity contribution in [1.82, 2.24) is 5.32 Å². The molecule has 1 heterocycles. The number of ether oxygens (including phenoxy) is 2. The number of benzene rings is 2. The van der Waals surface area contributed by atoms with Gasteiger partial charge in [-0.2, -0.15) is 0 Å². The SMILES string of the molecule is CCOCCOc1ccccc1C(=O)NC(=S)Nc1sc(Cc2ccccc2)c(C)c1C(N)=O. The van der Waals surface area contributed by atoms with Gasteiger partial charge >= 0.3 is 0 Å². The maximum absolute atomic E-state index is 12.8. The fourth-order valence-electron chi connectivity index (χ4n) is 3.33. The molecule has 7 nitrogen and oxygen atoms in total. The van der Waals surface area contributed by atoms with Crippen LogP contribution in [0.25, 0.3) is 0 Å². The van der Waals surface area contributed by atoms with Crippen LogP contribution in [0.2, 0.25) is 0 Å². The summed E-state index contributed by atoms with van der Waals surface area (Å²) in [6.07, 6.45) is 0.658. The number of nitrogens with two attached hydrogens (primary N) is 1. The number of thiophene rings is 1. The summed E-state index contributed by atoms with van der Waals surface area (Å²) in [4.78, 5) is 26.0.